The number of hydrogen-bond donors (Lipinski definition) is 0. The fraction of sp³-hybridized carbons (Fsp3) is 0.214. The second kappa shape index (κ2) is 3.97. The van der Waals surface area contributed by atoms with Gasteiger partial charge in [0.2, 0.25) is 5.56 Å². The minimum Gasteiger partial charge on any atom is -0.318 e. The average Bonchev–Trinajstić information content (AvgIpc) is 2.20. The summed E-state index contributed by atoms with van der Waals surface area (Å²) in [5.74, 6) is 0. The van der Waals surface area contributed by atoms with Crippen molar-refractivity contribution in [3.63, 3.8) is 0 Å². The molecular formula is C14H15NO. The Labute approximate surface area is 95.2 Å². The molecule has 0 saturated carbocycles. The minimum absolute atomic E-state index is 0.0214. The van der Waals surface area contributed by atoms with E-state index in [1.54, 1.807) is 17.7 Å². The summed E-state index contributed by atoms with van der Waals surface area (Å²) < 4.78 is 1.60. The first-order chi connectivity index (χ1) is 7.56. The van der Waals surface area contributed by atoms with Gasteiger partial charge in [-0.05, 0) is 31.0 Å². The molecule has 1 aromatic carbocycles. The third-order valence-corrected chi connectivity index (χ3v) is 2.64. The molecule has 0 radical (unpaired) electrons. The van der Waals surface area contributed by atoms with E-state index in [0.29, 0.717) is 0 Å². The van der Waals surface area contributed by atoms with Crippen LogP contribution in [0.2, 0.25) is 0 Å². The Bertz CT molecular complexity index is 561. The summed E-state index contributed by atoms with van der Waals surface area (Å²) in [5, 5.41) is 0. The number of pyridine rings is 1. The van der Waals surface area contributed by atoms with Crippen LogP contribution in [0.15, 0.2) is 41.3 Å². The van der Waals surface area contributed by atoms with Gasteiger partial charge in [0.25, 0.3) is 0 Å². The standard InChI is InChI=1S/C14H15NO/c1-10-6-11(2)8-13(7-10)12-4-5-14(16)15(3)9-12/h4-9H,1-3H3. The van der Waals surface area contributed by atoms with Crippen molar-refractivity contribution in [2.24, 2.45) is 7.05 Å². The van der Waals surface area contributed by atoms with E-state index < -0.39 is 0 Å². The molecule has 0 N–H and O–H groups in total. The molecule has 2 nitrogen and oxygen atoms in total. The topological polar surface area (TPSA) is 22.0 Å². The summed E-state index contributed by atoms with van der Waals surface area (Å²) in [4.78, 5) is 11.3. The van der Waals surface area contributed by atoms with E-state index in [9.17, 15) is 4.79 Å². The van der Waals surface area contributed by atoms with Crippen molar-refractivity contribution in [3.8, 4) is 11.1 Å². The highest BCUT2D eigenvalue weighted by molar-refractivity contribution is 5.64. The van der Waals surface area contributed by atoms with Gasteiger partial charge < -0.3 is 4.57 Å². The maximum atomic E-state index is 11.3. The second-order valence-electron chi connectivity index (χ2n) is 4.24. The molecule has 0 saturated heterocycles. The minimum atomic E-state index is 0.0214. The molecule has 0 aliphatic carbocycles. The Hall–Kier alpha value is -1.83. The molecule has 0 spiro atoms. The first kappa shape index (κ1) is 10.7. The molecule has 0 unspecified atom stereocenters. The third kappa shape index (κ3) is 2.06. The van der Waals surface area contributed by atoms with Gasteiger partial charge >= 0.3 is 0 Å². The fourth-order valence-corrected chi connectivity index (χ4v) is 1.91. The predicted molar refractivity (Wildman–Crippen MR) is 66.6 cm³/mol. The van der Waals surface area contributed by atoms with Crippen LogP contribution in [0.3, 0.4) is 0 Å². The van der Waals surface area contributed by atoms with Crippen LogP contribution in [-0.2, 0) is 7.05 Å². The van der Waals surface area contributed by atoms with Crippen LogP contribution in [0.4, 0.5) is 0 Å². The predicted octanol–water partition coefficient (Wildman–Crippen LogP) is 2.67. The van der Waals surface area contributed by atoms with Crippen molar-refractivity contribution in [2.75, 3.05) is 0 Å². The van der Waals surface area contributed by atoms with Gasteiger partial charge in [0.1, 0.15) is 0 Å². The Morgan fingerprint density at radius 1 is 0.938 bits per heavy atom. The van der Waals surface area contributed by atoms with Crippen molar-refractivity contribution in [1.82, 2.24) is 4.57 Å². The van der Waals surface area contributed by atoms with E-state index in [1.807, 2.05) is 12.3 Å². The Morgan fingerprint density at radius 2 is 1.56 bits per heavy atom. The Morgan fingerprint density at radius 3 is 2.12 bits per heavy atom. The van der Waals surface area contributed by atoms with E-state index in [2.05, 4.69) is 32.0 Å². The van der Waals surface area contributed by atoms with Crippen molar-refractivity contribution < 1.29 is 0 Å². The van der Waals surface area contributed by atoms with Crippen molar-refractivity contribution in [1.29, 1.82) is 0 Å². The van der Waals surface area contributed by atoms with Gasteiger partial charge in [0.15, 0.2) is 0 Å². The zero-order valence-corrected chi connectivity index (χ0v) is 9.82. The largest absolute Gasteiger partial charge is 0.318 e. The van der Waals surface area contributed by atoms with Crippen LogP contribution in [0.5, 0.6) is 0 Å². The van der Waals surface area contributed by atoms with Gasteiger partial charge in [-0.25, -0.2) is 0 Å². The first-order valence-electron chi connectivity index (χ1n) is 5.31. The maximum absolute atomic E-state index is 11.3. The van der Waals surface area contributed by atoms with Crippen molar-refractivity contribution in [3.05, 3.63) is 58.0 Å². The molecule has 0 bridgehead atoms. The lowest BCUT2D eigenvalue weighted by atomic mass is 10.0. The quantitative estimate of drug-likeness (QED) is 0.713. The fourth-order valence-electron chi connectivity index (χ4n) is 1.91. The number of hydrogen-bond acceptors (Lipinski definition) is 1. The van der Waals surface area contributed by atoms with Crippen molar-refractivity contribution >= 4 is 0 Å². The van der Waals surface area contributed by atoms with Crippen LogP contribution in [0.25, 0.3) is 11.1 Å². The van der Waals surface area contributed by atoms with E-state index in [4.69, 9.17) is 0 Å². The highest BCUT2D eigenvalue weighted by Gasteiger charge is 2.00. The lowest BCUT2D eigenvalue weighted by Gasteiger charge is -2.06. The maximum Gasteiger partial charge on any atom is 0.250 e. The Kier molecular flexibility index (Phi) is 2.65. The lowest BCUT2D eigenvalue weighted by Crippen LogP contribution is -2.13. The molecule has 0 amide bonds. The summed E-state index contributed by atoms with van der Waals surface area (Å²) in [6.45, 7) is 4.16. The molecule has 16 heavy (non-hydrogen) atoms. The summed E-state index contributed by atoms with van der Waals surface area (Å²) in [6.07, 6.45) is 1.87. The molecule has 0 atom stereocenters. The monoisotopic (exact) mass is 213 g/mol. The van der Waals surface area contributed by atoms with Gasteiger partial charge in [-0.15, -0.1) is 0 Å². The summed E-state index contributed by atoms with van der Waals surface area (Å²) in [7, 11) is 1.77. The molecule has 1 aromatic heterocycles. The first-order valence-corrected chi connectivity index (χ1v) is 5.31. The van der Waals surface area contributed by atoms with Crippen LogP contribution in [0, 0.1) is 13.8 Å². The summed E-state index contributed by atoms with van der Waals surface area (Å²) in [5.41, 5.74) is 4.74. The molecule has 2 rings (SSSR count). The van der Waals surface area contributed by atoms with Gasteiger partial charge in [-0.2, -0.15) is 0 Å². The molecule has 0 aliphatic rings. The van der Waals surface area contributed by atoms with E-state index in [-0.39, 0.29) is 5.56 Å². The molecule has 1 heterocycles. The number of benzene rings is 1. The van der Waals surface area contributed by atoms with Crippen molar-refractivity contribution in [2.45, 2.75) is 13.8 Å². The Balaban J connectivity index is 2.58. The SMILES string of the molecule is Cc1cc(C)cc(-c2ccc(=O)n(C)c2)c1. The van der Waals surface area contributed by atoms with Gasteiger partial charge in [0, 0.05) is 19.3 Å². The summed E-state index contributed by atoms with van der Waals surface area (Å²) >= 11 is 0. The van der Waals surface area contributed by atoms with E-state index in [1.165, 1.54) is 11.1 Å². The zero-order valence-electron chi connectivity index (χ0n) is 9.82. The van der Waals surface area contributed by atoms with Gasteiger partial charge in [-0.3, -0.25) is 4.79 Å². The van der Waals surface area contributed by atoms with Crippen LogP contribution in [0.1, 0.15) is 11.1 Å². The van der Waals surface area contributed by atoms with Crippen LogP contribution >= 0.6 is 0 Å². The van der Waals surface area contributed by atoms with Crippen LogP contribution < -0.4 is 5.56 Å². The average molecular weight is 213 g/mol. The normalized spacial score (nSPS) is 10.4. The molecule has 82 valence electrons. The number of nitrogens with zero attached hydrogens (tertiary/aromatic N) is 1. The highest BCUT2D eigenvalue weighted by atomic mass is 16.1. The van der Waals surface area contributed by atoms with E-state index in [0.717, 1.165) is 11.1 Å². The van der Waals surface area contributed by atoms with E-state index >= 15 is 0 Å². The van der Waals surface area contributed by atoms with Crippen LogP contribution in [-0.4, -0.2) is 4.57 Å². The lowest BCUT2D eigenvalue weighted by molar-refractivity contribution is 0.862. The molecular weight excluding hydrogens is 198 g/mol. The zero-order chi connectivity index (χ0) is 11.7. The molecule has 2 aromatic rings. The number of aromatic nitrogens is 1. The number of rotatable bonds is 1. The molecule has 2 heteroatoms. The summed E-state index contributed by atoms with van der Waals surface area (Å²) in [6, 6.07) is 9.88. The second-order valence-corrected chi connectivity index (χ2v) is 4.24. The van der Waals surface area contributed by atoms with Gasteiger partial charge in [-0.1, -0.05) is 29.3 Å². The molecule has 0 fully saturated rings. The molecule has 0 aliphatic heterocycles. The van der Waals surface area contributed by atoms with Gasteiger partial charge in [0.05, 0.1) is 0 Å². The highest BCUT2D eigenvalue weighted by Crippen LogP contribution is 2.20. The number of aryl methyl sites for hydroxylation is 3. The third-order valence-electron chi connectivity index (χ3n) is 2.64. The smallest absolute Gasteiger partial charge is 0.250 e.